The Bertz CT molecular complexity index is 1790. The first-order valence-corrected chi connectivity index (χ1v) is 15.1. The third kappa shape index (κ3) is 8.22. The van der Waals surface area contributed by atoms with E-state index in [-0.39, 0.29) is 31.0 Å². The van der Waals surface area contributed by atoms with Crippen molar-refractivity contribution in [1.29, 1.82) is 0 Å². The lowest BCUT2D eigenvalue weighted by Gasteiger charge is -2.26. The van der Waals surface area contributed by atoms with E-state index in [0.29, 0.717) is 42.7 Å². The first kappa shape index (κ1) is 34.0. The van der Waals surface area contributed by atoms with Gasteiger partial charge in [0.15, 0.2) is 0 Å². The van der Waals surface area contributed by atoms with Gasteiger partial charge in [-0.05, 0) is 73.2 Å². The average molecular weight is 662 g/mol. The van der Waals surface area contributed by atoms with Crippen molar-refractivity contribution in [3.63, 3.8) is 0 Å². The van der Waals surface area contributed by atoms with Gasteiger partial charge in [-0.1, -0.05) is 12.1 Å². The average Bonchev–Trinajstić information content (AvgIpc) is 3.39. The summed E-state index contributed by atoms with van der Waals surface area (Å²) in [5.74, 6) is -0.819. The summed E-state index contributed by atoms with van der Waals surface area (Å²) in [5.41, 5.74) is 0.594. The number of aromatic nitrogens is 1. The second kappa shape index (κ2) is 14.0. The maximum atomic E-state index is 13.4. The van der Waals surface area contributed by atoms with Crippen LogP contribution in [0.2, 0.25) is 0 Å². The minimum Gasteiger partial charge on any atom is -0.497 e. The lowest BCUT2D eigenvalue weighted by atomic mass is 10.1. The normalized spacial score (nSPS) is 11.8. The number of nitrogens with zero attached hydrogens (tertiary/aromatic N) is 3. The number of amides is 1. The molecule has 1 heterocycles. The van der Waals surface area contributed by atoms with E-state index in [1.165, 1.54) is 43.5 Å². The van der Waals surface area contributed by atoms with Crippen molar-refractivity contribution in [2.75, 3.05) is 27.3 Å². The van der Waals surface area contributed by atoms with Crippen molar-refractivity contribution in [2.24, 2.45) is 0 Å². The fourth-order valence-corrected chi connectivity index (χ4v) is 5.60. The molecule has 4 aromatic rings. The molecule has 3 aromatic carbocycles. The summed E-state index contributed by atoms with van der Waals surface area (Å²) >= 11 is 0. The quantitative estimate of drug-likeness (QED) is 0.205. The number of hydrogen-bond acceptors (Lipinski definition) is 8. The molecule has 1 N–H and O–H groups in total. The Kier molecular flexibility index (Phi) is 10.4. The van der Waals surface area contributed by atoms with Crippen LogP contribution < -0.4 is 9.47 Å². The standard InChI is InChI=1S/C31H30F3N3O8S/c1-20-27(35-29(45-20)22-7-11-24(12-8-22)31(32,33)34)15-16-44-26-6-4-5-21(17-26)18-37(19-28(38)39)46(41,42)36(2)30(40)23-9-13-25(43-3)14-10-23/h4-14,17H,15-16,18-19H2,1-3H3,(H,38,39). The second-order valence-corrected chi connectivity index (χ2v) is 12.0. The molecule has 4 rings (SSSR count). The maximum absolute atomic E-state index is 13.4. The van der Waals surface area contributed by atoms with E-state index in [4.69, 9.17) is 13.9 Å². The van der Waals surface area contributed by atoms with Crippen molar-refractivity contribution in [3.05, 3.63) is 101 Å². The van der Waals surface area contributed by atoms with Gasteiger partial charge in [0.2, 0.25) is 5.89 Å². The zero-order chi connectivity index (χ0) is 33.6. The molecule has 15 heteroatoms. The lowest BCUT2D eigenvalue weighted by molar-refractivity contribution is -0.138. The van der Waals surface area contributed by atoms with Gasteiger partial charge in [0.1, 0.15) is 23.8 Å². The summed E-state index contributed by atoms with van der Waals surface area (Å²) < 4.78 is 83.0. The fraction of sp³-hybridized carbons (Fsp3) is 0.258. The fourth-order valence-electron chi connectivity index (χ4n) is 4.35. The van der Waals surface area contributed by atoms with E-state index < -0.39 is 40.4 Å². The van der Waals surface area contributed by atoms with Gasteiger partial charge in [0.25, 0.3) is 5.91 Å². The number of carbonyl (C=O) groups is 2. The van der Waals surface area contributed by atoms with Crippen LogP contribution in [-0.4, -0.2) is 66.3 Å². The molecule has 11 nitrogen and oxygen atoms in total. The molecule has 46 heavy (non-hydrogen) atoms. The van der Waals surface area contributed by atoms with E-state index in [9.17, 15) is 36.3 Å². The Morgan fingerprint density at radius 3 is 2.28 bits per heavy atom. The Morgan fingerprint density at radius 1 is 1.00 bits per heavy atom. The third-order valence-corrected chi connectivity index (χ3v) is 8.59. The molecule has 0 saturated carbocycles. The molecule has 0 bridgehead atoms. The van der Waals surface area contributed by atoms with Crippen LogP contribution in [0, 0.1) is 6.92 Å². The smallest absolute Gasteiger partial charge is 0.416 e. The van der Waals surface area contributed by atoms with E-state index >= 15 is 0 Å². The summed E-state index contributed by atoms with van der Waals surface area (Å²) in [6.45, 7) is 0.523. The number of carboxylic acid groups (broad SMARTS) is 1. The minimum absolute atomic E-state index is 0.0615. The van der Waals surface area contributed by atoms with Gasteiger partial charge in [-0.2, -0.15) is 25.9 Å². The number of oxazole rings is 1. The molecular formula is C31H30F3N3O8S. The highest BCUT2D eigenvalue weighted by molar-refractivity contribution is 7.87. The molecule has 0 spiro atoms. The Balaban J connectivity index is 1.42. The van der Waals surface area contributed by atoms with Crippen LogP contribution in [0.3, 0.4) is 0 Å². The number of alkyl halides is 3. The largest absolute Gasteiger partial charge is 0.497 e. The van der Waals surface area contributed by atoms with Crippen molar-refractivity contribution in [3.8, 4) is 23.0 Å². The molecule has 0 fully saturated rings. The van der Waals surface area contributed by atoms with Gasteiger partial charge in [0.05, 0.1) is 25.0 Å². The van der Waals surface area contributed by atoms with Gasteiger partial charge in [-0.15, -0.1) is 0 Å². The number of halogens is 3. The van der Waals surface area contributed by atoms with E-state index in [1.54, 1.807) is 31.2 Å². The number of aliphatic carboxylic acids is 1. The van der Waals surface area contributed by atoms with Crippen LogP contribution in [0.4, 0.5) is 13.2 Å². The number of methoxy groups -OCH3 is 1. The second-order valence-electron chi connectivity index (χ2n) is 10.0. The number of hydrogen-bond donors (Lipinski definition) is 1. The highest BCUT2D eigenvalue weighted by Gasteiger charge is 2.33. The molecule has 1 aromatic heterocycles. The first-order valence-electron chi connectivity index (χ1n) is 13.7. The molecule has 0 radical (unpaired) electrons. The predicted molar refractivity (Wildman–Crippen MR) is 159 cm³/mol. The van der Waals surface area contributed by atoms with E-state index in [2.05, 4.69) is 4.98 Å². The molecule has 0 aliphatic carbocycles. The zero-order valence-electron chi connectivity index (χ0n) is 24.9. The number of carboxylic acids is 1. The summed E-state index contributed by atoms with van der Waals surface area (Å²) in [5, 5.41) is 9.43. The molecule has 1 amide bonds. The van der Waals surface area contributed by atoms with Gasteiger partial charge in [-0.3, -0.25) is 9.59 Å². The van der Waals surface area contributed by atoms with Crippen LogP contribution in [0.1, 0.15) is 32.9 Å². The minimum atomic E-state index is -4.57. The molecular weight excluding hydrogens is 631 g/mol. The van der Waals surface area contributed by atoms with Crippen LogP contribution in [0.5, 0.6) is 11.5 Å². The summed E-state index contributed by atoms with van der Waals surface area (Å²) in [4.78, 5) is 28.9. The summed E-state index contributed by atoms with van der Waals surface area (Å²) in [6.07, 6.45) is -4.17. The van der Waals surface area contributed by atoms with Gasteiger partial charge >= 0.3 is 22.4 Å². The predicted octanol–water partition coefficient (Wildman–Crippen LogP) is 5.20. The Labute approximate surface area is 263 Å². The van der Waals surface area contributed by atoms with Crippen molar-refractivity contribution in [2.45, 2.75) is 26.1 Å². The Morgan fingerprint density at radius 2 is 1.67 bits per heavy atom. The number of benzene rings is 3. The first-order chi connectivity index (χ1) is 21.7. The SMILES string of the molecule is COc1ccc(C(=O)N(C)S(=O)(=O)N(CC(=O)O)Cc2cccc(OCCc3nc(-c4ccc(C(F)(F)F)cc4)oc3C)c2)cc1. The Hall–Kier alpha value is -4.89. The number of carbonyl (C=O) groups excluding carboxylic acids is 1. The van der Waals surface area contributed by atoms with Crippen molar-refractivity contribution in [1.82, 2.24) is 13.6 Å². The van der Waals surface area contributed by atoms with E-state index in [1.807, 2.05) is 0 Å². The number of aryl methyl sites for hydroxylation is 1. The molecule has 0 atom stereocenters. The van der Waals surface area contributed by atoms with Crippen LogP contribution >= 0.6 is 0 Å². The summed E-state index contributed by atoms with van der Waals surface area (Å²) in [7, 11) is -2.08. The molecule has 0 aliphatic heterocycles. The zero-order valence-corrected chi connectivity index (χ0v) is 25.8. The highest BCUT2D eigenvalue weighted by Crippen LogP contribution is 2.31. The molecule has 244 valence electrons. The maximum Gasteiger partial charge on any atom is 0.416 e. The van der Waals surface area contributed by atoms with E-state index in [0.717, 1.165) is 19.2 Å². The van der Waals surface area contributed by atoms with Gasteiger partial charge in [-0.25, -0.2) is 9.29 Å². The number of rotatable bonds is 13. The van der Waals surface area contributed by atoms with Gasteiger partial charge in [0, 0.05) is 31.1 Å². The summed E-state index contributed by atoms with van der Waals surface area (Å²) in [6, 6.07) is 16.6. The van der Waals surface area contributed by atoms with Gasteiger partial charge < -0.3 is 19.0 Å². The molecule has 0 unspecified atom stereocenters. The monoisotopic (exact) mass is 661 g/mol. The van der Waals surface area contributed by atoms with Crippen molar-refractivity contribution < 1.29 is 50.2 Å². The lowest BCUT2D eigenvalue weighted by Crippen LogP contribution is -2.46. The number of ether oxygens (including phenoxy) is 2. The molecule has 0 aliphatic rings. The van der Waals surface area contributed by atoms with Crippen LogP contribution in [0.15, 0.2) is 77.2 Å². The van der Waals surface area contributed by atoms with Crippen LogP contribution in [-0.2, 0) is 34.1 Å². The molecule has 0 saturated heterocycles. The third-order valence-electron chi connectivity index (χ3n) is 6.82. The topological polar surface area (TPSA) is 139 Å². The highest BCUT2D eigenvalue weighted by atomic mass is 32.2. The van der Waals surface area contributed by atoms with Crippen LogP contribution in [0.25, 0.3) is 11.5 Å². The van der Waals surface area contributed by atoms with Crippen molar-refractivity contribution >= 4 is 22.1 Å².